The Bertz CT molecular complexity index is 644. The maximum Gasteiger partial charge on any atom is 0.326 e. The van der Waals surface area contributed by atoms with Gasteiger partial charge in [0.25, 0.3) is 0 Å². The van der Waals surface area contributed by atoms with Crippen molar-refractivity contribution >= 4 is 11.9 Å². The van der Waals surface area contributed by atoms with E-state index in [1.54, 1.807) is 0 Å². The highest BCUT2D eigenvalue weighted by Gasteiger charge is 2.22. The molecule has 26 heavy (non-hydrogen) atoms. The molecule has 1 aromatic carbocycles. The van der Waals surface area contributed by atoms with E-state index in [4.69, 9.17) is 4.74 Å². The van der Waals surface area contributed by atoms with Crippen LogP contribution in [0, 0.1) is 0 Å². The summed E-state index contributed by atoms with van der Waals surface area (Å²) < 4.78 is 5.60. The molecule has 0 radical (unpaired) electrons. The fraction of sp³-hybridized carbons (Fsp3) is 0.579. The SMILES string of the molecule is O=C(COC1CCNCC1)NC(Cc1ccc2c(c1)CNCC2)C(=O)O. The standard InChI is InChI=1S/C19H27N3O4/c23-18(12-26-16-4-7-20-8-5-16)22-17(19(24)25)10-13-1-2-14-3-6-21-11-15(14)9-13/h1-2,9,16-17,20-21H,3-8,10-12H2,(H,22,23)(H,24,25). The summed E-state index contributed by atoms with van der Waals surface area (Å²) in [7, 11) is 0. The minimum Gasteiger partial charge on any atom is -0.480 e. The number of amides is 1. The van der Waals surface area contributed by atoms with Gasteiger partial charge in [-0.3, -0.25) is 4.79 Å². The van der Waals surface area contributed by atoms with Crippen LogP contribution in [0.4, 0.5) is 0 Å². The fourth-order valence-corrected chi connectivity index (χ4v) is 3.49. The Morgan fingerprint density at radius 1 is 1.19 bits per heavy atom. The second-order valence-corrected chi connectivity index (χ2v) is 6.95. The topological polar surface area (TPSA) is 99.7 Å². The number of carboxylic acid groups (broad SMARTS) is 1. The minimum absolute atomic E-state index is 0.0680. The lowest BCUT2D eigenvalue weighted by molar-refractivity contribution is -0.143. The maximum atomic E-state index is 12.1. The third-order valence-electron chi connectivity index (χ3n) is 4.97. The maximum absolute atomic E-state index is 12.1. The van der Waals surface area contributed by atoms with E-state index < -0.39 is 12.0 Å². The number of carbonyl (C=O) groups is 2. The molecule has 2 aliphatic heterocycles. The molecule has 7 heteroatoms. The number of rotatable bonds is 7. The number of ether oxygens (including phenoxy) is 1. The molecule has 1 aromatic rings. The molecule has 1 saturated heterocycles. The Kier molecular flexibility index (Phi) is 6.60. The Balaban J connectivity index is 1.53. The molecular formula is C19H27N3O4. The van der Waals surface area contributed by atoms with Gasteiger partial charge in [-0.2, -0.15) is 0 Å². The third kappa shape index (κ3) is 5.27. The largest absolute Gasteiger partial charge is 0.480 e. The van der Waals surface area contributed by atoms with Gasteiger partial charge < -0.3 is 25.8 Å². The highest BCUT2D eigenvalue weighted by atomic mass is 16.5. The molecule has 0 saturated carbocycles. The van der Waals surface area contributed by atoms with E-state index in [0.717, 1.165) is 51.0 Å². The van der Waals surface area contributed by atoms with E-state index in [1.165, 1.54) is 11.1 Å². The first-order valence-electron chi connectivity index (χ1n) is 9.27. The van der Waals surface area contributed by atoms with Gasteiger partial charge in [0.05, 0.1) is 6.10 Å². The molecule has 1 atom stereocenters. The first-order valence-corrected chi connectivity index (χ1v) is 9.27. The van der Waals surface area contributed by atoms with Crippen molar-refractivity contribution in [1.82, 2.24) is 16.0 Å². The highest BCUT2D eigenvalue weighted by Crippen LogP contribution is 2.17. The van der Waals surface area contributed by atoms with Crippen LogP contribution < -0.4 is 16.0 Å². The molecule has 1 fully saturated rings. The van der Waals surface area contributed by atoms with Gasteiger partial charge in [0.2, 0.25) is 5.91 Å². The summed E-state index contributed by atoms with van der Waals surface area (Å²) in [6, 6.07) is 5.10. The lowest BCUT2D eigenvalue weighted by Gasteiger charge is -2.23. The predicted octanol–water partition coefficient (Wildman–Crippen LogP) is 0.213. The van der Waals surface area contributed by atoms with Crippen LogP contribution in [0.15, 0.2) is 18.2 Å². The fourth-order valence-electron chi connectivity index (χ4n) is 3.49. The zero-order valence-corrected chi connectivity index (χ0v) is 14.9. The Hall–Kier alpha value is -1.96. The summed E-state index contributed by atoms with van der Waals surface area (Å²) >= 11 is 0. The van der Waals surface area contributed by atoms with Crippen LogP contribution >= 0.6 is 0 Å². The second-order valence-electron chi connectivity index (χ2n) is 6.95. The molecular weight excluding hydrogens is 334 g/mol. The monoisotopic (exact) mass is 361 g/mol. The molecule has 1 amide bonds. The summed E-state index contributed by atoms with van der Waals surface area (Å²) in [6.07, 6.45) is 3.07. The number of carboxylic acids is 1. The van der Waals surface area contributed by atoms with E-state index in [1.807, 2.05) is 12.1 Å². The quantitative estimate of drug-likeness (QED) is 0.554. The van der Waals surface area contributed by atoms with E-state index in [2.05, 4.69) is 22.0 Å². The first kappa shape index (κ1) is 18.8. The van der Waals surface area contributed by atoms with Gasteiger partial charge in [-0.15, -0.1) is 0 Å². The minimum atomic E-state index is -1.03. The summed E-state index contributed by atoms with van der Waals surface area (Å²) in [5.41, 5.74) is 3.43. The number of aliphatic carboxylic acids is 1. The number of nitrogens with one attached hydrogen (secondary N) is 3. The molecule has 1 unspecified atom stereocenters. The number of fused-ring (bicyclic) bond motifs is 1. The van der Waals surface area contributed by atoms with E-state index >= 15 is 0 Å². The van der Waals surface area contributed by atoms with E-state index in [9.17, 15) is 14.7 Å². The van der Waals surface area contributed by atoms with Crippen molar-refractivity contribution in [1.29, 1.82) is 0 Å². The van der Waals surface area contributed by atoms with Gasteiger partial charge in [0.1, 0.15) is 12.6 Å². The van der Waals surface area contributed by atoms with E-state index in [0.29, 0.717) is 0 Å². The summed E-state index contributed by atoms with van der Waals surface area (Å²) in [5.74, 6) is -1.41. The van der Waals surface area contributed by atoms with Crippen LogP contribution in [0.25, 0.3) is 0 Å². The van der Waals surface area contributed by atoms with Crippen LogP contribution in [0.1, 0.15) is 29.5 Å². The number of hydrogen-bond acceptors (Lipinski definition) is 5. The number of benzene rings is 1. The molecule has 4 N–H and O–H groups in total. The van der Waals surface area contributed by atoms with Crippen molar-refractivity contribution in [2.45, 2.75) is 44.4 Å². The molecule has 3 rings (SSSR count). The predicted molar refractivity (Wildman–Crippen MR) is 97.0 cm³/mol. The summed E-state index contributed by atoms with van der Waals surface area (Å²) in [6.45, 7) is 3.45. The Morgan fingerprint density at radius 3 is 2.77 bits per heavy atom. The van der Waals surface area contributed by atoms with Crippen molar-refractivity contribution in [3.63, 3.8) is 0 Å². The van der Waals surface area contributed by atoms with Gasteiger partial charge in [-0.1, -0.05) is 18.2 Å². The Morgan fingerprint density at radius 2 is 2.00 bits per heavy atom. The number of carbonyl (C=O) groups excluding carboxylic acids is 1. The third-order valence-corrected chi connectivity index (χ3v) is 4.97. The molecule has 7 nitrogen and oxygen atoms in total. The van der Waals surface area contributed by atoms with Crippen LogP contribution in [0.5, 0.6) is 0 Å². The van der Waals surface area contributed by atoms with Gasteiger partial charge in [0.15, 0.2) is 0 Å². The normalized spacial score (nSPS) is 18.8. The van der Waals surface area contributed by atoms with Gasteiger partial charge in [0, 0.05) is 13.0 Å². The smallest absolute Gasteiger partial charge is 0.326 e. The van der Waals surface area contributed by atoms with Crippen LogP contribution in [-0.4, -0.2) is 55.4 Å². The van der Waals surface area contributed by atoms with Crippen molar-refractivity contribution < 1.29 is 19.4 Å². The van der Waals surface area contributed by atoms with Gasteiger partial charge in [-0.05, 0) is 55.6 Å². The zero-order chi connectivity index (χ0) is 18.4. The van der Waals surface area contributed by atoms with Gasteiger partial charge in [-0.25, -0.2) is 4.79 Å². The zero-order valence-electron chi connectivity index (χ0n) is 14.9. The van der Waals surface area contributed by atoms with Crippen molar-refractivity contribution in [2.75, 3.05) is 26.2 Å². The molecule has 0 spiro atoms. The molecule has 2 aliphatic rings. The van der Waals surface area contributed by atoms with Crippen molar-refractivity contribution in [2.24, 2.45) is 0 Å². The average Bonchev–Trinajstić information content (AvgIpc) is 2.66. The van der Waals surface area contributed by atoms with Gasteiger partial charge >= 0.3 is 5.97 Å². The van der Waals surface area contributed by atoms with E-state index in [-0.39, 0.29) is 25.0 Å². The van der Waals surface area contributed by atoms with Crippen molar-refractivity contribution in [3.8, 4) is 0 Å². The molecule has 2 heterocycles. The highest BCUT2D eigenvalue weighted by molar-refractivity contribution is 5.84. The number of piperidine rings is 1. The average molecular weight is 361 g/mol. The summed E-state index contributed by atoms with van der Waals surface area (Å²) in [4.78, 5) is 23.7. The molecule has 142 valence electrons. The summed E-state index contributed by atoms with van der Waals surface area (Å²) in [5, 5.41) is 18.6. The lowest BCUT2D eigenvalue weighted by Crippen LogP contribution is -2.44. The van der Waals surface area contributed by atoms with Crippen LogP contribution in [0.2, 0.25) is 0 Å². The molecule has 0 bridgehead atoms. The van der Waals surface area contributed by atoms with Crippen molar-refractivity contribution in [3.05, 3.63) is 34.9 Å². The Labute approximate surface area is 153 Å². The molecule has 0 aliphatic carbocycles. The van der Waals surface area contributed by atoms with Crippen LogP contribution in [-0.2, 0) is 33.7 Å². The lowest BCUT2D eigenvalue weighted by atomic mass is 9.96. The second kappa shape index (κ2) is 9.12. The van der Waals surface area contributed by atoms with Crippen LogP contribution in [0.3, 0.4) is 0 Å². The molecule has 0 aromatic heterocycles. The number of hydrogen-bond donors (Lipinski definition) is 4. The first-order chi connectivity index (χ1) is 12.6.